The van der Waals surface area contributed by atoms with Crippen LogP contribution in [0.1, 0.15) is 142 Å². The third-order valence-corrected chi connectivity index (χ3v) is 8.86. The summed E-state index contributed by atoms with van der Waals surface area (Å²) in [5.41, 5.74) is 0. The Bertz CT molecular complexity index is 926. The summed E-state index contributed by atoms with van der Waals surface area (Å²) in [5, 5.41) is 0. The van der Waals surface area contributed by atoms with Crippen LogP contribution in [0.4, 0.5) is 0 Å². The first kappa shape index (κ1) is 47.5. The molecule has 0 spiro atoms. The number of esters is 1. The minimum absolute atomic E-state index is 0.0201. The Labute approximate surface area is 301 Å². The predicted molar refractivity (Wildman–Crippen MR) is 203 cm³/mol. The van der Waals surface area contributed by atoms with Crippen molar-refractivity contribution in [2.75, 3.05) is 54.1 Å². The summed E-state index contributed by atoms with van der Waals surface area (Å²) in [7, 11) is 1.33. The number of hydrogen-bond acceptors (Lipinski definition) is 7. The molecule has 0 radical (unpaired) electrons. The average molecular weight is 712 g/mol. The molecule has 0 aliphatic rings. The molecule has 0 N–H and O–H groups in total. The average Bonchev–Trinajstić information content (AvgIpc) is 3.04. The number of carbonyl (C=O) groups excluding carboxylic acids is 1. The summed E-state index contributed by atoms with van der Waals surface area (Å²) >= 11 is 0. The van der Waals surface area contributed by atoms with Crippen LogP contribution in [0.3, 0.4) is 0 Å². The quantitative estimate of drug-likeness (QED) is 0.0212. The number of ether oxygens (including phenoxy) is 2. The van der Waals surface area contributed by atoms with E-state index in [2.05, 4.69) is 62.5 Å². The Morgan fingerprint density at radius 3 is 1.78 bits per heavy atom. The van der Waals surface area contributed by atoms with Crippen LogP contribution in [0.5, 0.6) is 0 Å². The van der Waals surface area contributed by atoms with Crippen LogP contribution in [0, 0.1) is 0 Å². The van der Waals surface area contributed by atoms with Crippen LogP contribution in [0.15, 0.2) is 48.6 Å². The molecule has 9 heteroatoms. The van der Waals surface area contributed by atoms with E-state index in [1.54, 1.807) is 0 Å². The highest BCUT2D eigenvalue weighted by molar-refractivity contribution is 7.45. The molecular weight excluding hydrogens is 637 g/mol. The van der Waals surface area contributed by atoms with Crippen molar-refractivity contribution in [1.29, 1.82) is 0 Å². The second kappa shape index (κ2) is 33.6. The van der Waals surface area contributed by atoms with Gasteiger partial charge in [-0.05, 0) is 51.4 Å². The Hall–Kier alpha value is -1.54. The van der Waals surface area contributed by atoms with Gasteiger partial charge in [0.25, 0.3) is 7.82 Å². The topological polar surface area (TPSA) is 94.1 Å². The van der Waals surface area contributed by atoms with E-state index in [1.165, 1.54) is 51.4 Å². The molecule has 0 saturated heterocycles. The van der Waals surface area contributed by atoms with E-state index in [0.717, 1.165) is 70.6 Å². The second-order valence-electron chi connectivity index (χ2n) is 13.9. The van der Waals surface area contributed by atoms with E-state index in [1.807, 2.05) is 21.1 Å². The molecule has 0 aromatic heterocycles. The Morgan fingerprint density at radius 1 is 0.653 bits per heavy atom. The molecule has 0 aliphatic carbocycles. The first-order valence-corrected chi connectivity index (χ1v) is 20.8. The molecule has 0 heterocycles. The summed E-state index contributed by atoms with van der Waals surface area (Å²) in [4.78, 5) is 24.9. The molecule has 286 valence electrons. The lowest BCUT2D eigenvalue weighted by atomic mass is 10.1. The summed E-state index contributed by atoms with van der Waals surface area (Å²) in [5.74, 6) is -0.359. The molecule has 0 aliphatic heterocycles. The Balaban J connectivity index is 4.34. The summed E-state index contributed by atoms with van der Waals surface area (Å²) < 4.78 is 34.4. The third-order valence-electron chi connectivity index (χ3n) is 7.89. The van der Waals surface area contributed by atoms with Crippen molar-refractivity contribution in [3.05, 3.63) is 48.6 Å². The van der Waals surface area contributed by atoms with Gasteiger partial charge in [-0.3, -0.25) is 9.36 Å². The van der Waals surface area contributed by atoms with Gasteiger partial charge < -0.3 is 27.9 Å². The number of phosphoric acid groups is 1. The molecule has 8 nitrogen and oxygen atoms in total. The molecule has 0 amide bonds. The molecule has 0 aromatic rings. The number of hydrogen-bond donors (Lipinski definition) is 0. The van der Waals surface area contributed by atoms with E-state index >= 15 is 0 Å². The predicted octanol–water partition coefficient (Wildman–Crippen LogP) is 10.2. The number of rotatable bonds is 35. The maximum absolute atomic E-state index is 12.6. The summed E-state index contributed by atoms with van der Waals surface area (Å²) in [6.45, 7) is 5.24. The van der Waals surface area contributed by atoms with Crippen molar-refractivity contribution in [1.82, 2.24) is 0 Å². The normalized spacial score (nSPS) is 14.5. The molecule has 49 heavy (non-hydrogen) atoms. The maximum atomic E-state index is 12.6. The van der Waals surface area contributed by atoms with Crippen molar-refractivity contribution in [3.63, 3.8) is 0 Å². The van der Waals surface area contributed by atoms with Crippen molar-refractivity contribution >= 4 is 13.8 Å². The lowest BCUT2D eigenvalue weighted by Gasteiger charge is -2.28. The molecule has 0 saturated carbocycles. The van der Waals surface area contributed by atoms with Crippen LogP contribution in [-0.2, 0) is 27.9 Å². The number of nitrogens with zero attached hydrogens (tertiary/aromatic N) is 1. The molecule has 0 rings (SSSR count). The Kier molecular flexibility index (Phi) is 32.5. The van der Waals surface area contributed by atoms with Gasteiger partial charge in [-0.1, -0.05) is 133 Å². The highest BCUT2D eigenvalue weighted by Crippen LogP contribution is 2.38. The van der Waals surface area contributed by atoms with Gasteiger partial charge in [0.2, 0.25) is 0 Å². The van der Waals surface area contributed by atoms with Crippen LogP contribution < -0.4 is 4.89 Å². The minimum atomic E-state index is -4.52. The van der Waals surface area contributed by atoms with Crippen LogP contribution >= 0.6 is 7.82 Å². The third kappa shape index (κ3) is 37.5. The van der Waals surface area contributed by atoms with Gasteiger partial charge in [-0.15, -0.1) is 0 Å². The first-order valence-electron chi connectivity index (χ1n) is 19.4. The van der Waals surface area contributed by atoms with Crippen molar-refractivity contribution < 1.29 is 37.3 Å². The fraction of sp³-hybridized carbons (Fsp3) is 0.775. The second-order valence-corrected chi connectivity index (χ2v) is 15.3. The van der Waals surface area contributed by atoms with E-state index in [4.69, 9.17) is 18.5 Å². The van der Waals surface area contributed by atoms with Crippen LogP contribution in [0.2, 0.25) is 0 Å². The zero-order chi connectivity index (χ0) is 36.3. The zero-order valence-electron chi connectivity index (χ0n) is 32.1. The number of likely N-dealkylation sites (N-methyl/N-ethyl adjacent to an activating group) is 1. The fourth-order valence-electron chi connectivity index (χ4n) is 4.89. The summed E-state index contributed by atoms with van der Waals surface area (Å²) in [6.07, 6.45) is 38.3. The smallest absolute Gasteiger partial charge is 0.306 e. The molecule has 0 aromatic carbocycles. The van der Waals surface area contributed by atoms with Gasteiger partial charge in [-0.25, -0.2) is 0 Å². The number of quaternary nitrogens is 1. The molecular formula is C40H74NO7P. The van der Waals surface area contributed by atoms with E-state index < -0.39 is 13.9 Å². The molecule has 0 fully saturated rings. The standard InChI is InChI=1S/C40H74NO7P/c1-6-8-10-12-14-16-18-19-20-21-22-23-24-25-27-29-31-33-40(42)48-39(38-47-49(43,44)46-36-34-41(3,4)5)37-45-35-32-30-28-26-17-15-13-11-9-7-2/h8,10,14,16,19-20,22-23,39H,6-7,9,11-13,15,17-18,21,24-38H2,1-5H3/b10-8-,16-14-,20-19-,23-22-. The molecule has 0 bridgehead atoms. The van der Waals surface area contributed by atoms with E-state index in [9.17, 15) is 14.3 Å². The largest absolute Gasteiger partial charge is 0.756 e. The van der Waals surface area contributed by atoms with Gasteiger partial charge in [-0.2, -0.15) is 0 Å². The number of phosphoric ester groups is 1. The molecule has 2 unspecified atom stereocenters. The highest BCUT2D eigenvalue weighted by Gasteiger charge is 2.20. The molecule has 2 atom stereocenters. The van der Waals surface area contributed by atoms with Gasteiger partial charge in [0, 0.05) is 13.0 Å². The number of carbonyl (C=O) groups is 1. The van der Waals surface area contributed by atoms with Gasteiger partial charge in [0.15, 0.2) is 0 Å². The SMILES string of the molecule is CC/C=C\C/C=C\C/C=C\C/C=C\CCCCCCC(=O)OC(COCCCCCCCCCCCC)COP(=O)([O-])OCC[N+](C)(C)C. The van der Waals surface area contributed by atoms with Crippen molar-refractivity contribution in [3.8, 4) is 0 Å². The number of unbranched alkanes of at least 4 members (excludes halogenated alkanes) is 13. The van der Waals surface area contributed by atoms with Gasteiger partial charge >= 0.3 is 5.97 Å². The minimum Gasteiger partial charge on any atom is -0.756 e. The zero-order valence-corrected chi connectivity index (χ0v) is 33.0. The fourth-order valence-corrected chi connectivity index (χ4v) is 5.62. The first-order chi connectivity index (χ1) is 23.6. The highest BCUT2D eigenvalue weighted by atomic mass is 31.2. The van der Waals surface area contributed by atoms with Crippen molar-refractivity contribution in [2.45, 2.75) is 148 Å². The van der Waals surface area contributed by atoms with Crippen LogP contribution in [-0.4, -0.2) is 70.7 Å². The Morgan fingerprint density at radius 2 is 1.18 bits per heavy atom. The maximum Gasteiger partial charge on any atom is 0.306 e. The lowest BCUT2D eigenvalue weighted by Crippen LogP contribution is -2.37. The summed E-state index contributed by atoms with van der Waals surface area (Å²) in [6, 6.07) is 0. The van der Waals surface area contributed by atoms with Gasteiger partial charge in [0.05, 0.1) is 34.4 Å². The number of allylic oxidation sites excluding steroid dienone is 8. The van der Waals surface area contributed by atoms with Crippen molar-refractivity contribution in [2.24, 2.45) is 0 Å². The van der Waals surface area contributed by atoms with E-state index in [-0.39, 0.29) is 32.2 Å². The monoisotopic (exact) mass is 712 g/mol. The van der Waals surface area contributed by atoms with Gasteiger partial charge in [0.1, 0.15) is 19.3 Å². The van der Waals surface area contributed by atoms with Crippen LogP contribution in [0.25, 0.3) is 0 Å². The van der Waals surface area contributed by atoms with E-state index in [0.29, 0.717) is 17.6 Å². The lowest BCUT2D eigenvalue weighted by molar-refractivity contribution is -0.870.